The Morgan fingerprint density at radius 1 is 0.885 bits per heavy atom. The van der Waals surface area contributed by atoms with Crippen molar-refractivity contribution in [3.05, 3.63) is 90.3 Å². The Morgan fingerprint density at radius 3 is 2.38 bits per heavy atom. The summed E-state index contributed by atoms with van der Waals surface area (Å²) in [5.74, 6) is 0. The van der Waals surface area contributed by atoms with Crippen molar-refractivity contribution in [1.29, 1.82) is 0 Å². The fourth-order valence-corrected chi connectivity index (χ4v) is 3.28. The molecule has 0 aliphatic rings. The number of nitrogens with zero attached hydrogens (tertiary/aromatic N) is 3. The number of nitrogen functional groups attached to an aromatic ring is 1. The molecule has 0 unspecified atom stereocenters. The van der Waals surface area contributed by atoms with E-state index in [1.54, 1.807) is 0 Å². The van der Waals surface area contributed by atoms with Gasteiger partial charge in [0.25, 0.3) is 0 Å². The predicted molar refractivity (Wildman–Crippen MR) is 107 cm³/mol. The molecule has 0 saturated heterocycles. The van der Waals surface area contributed by atoms with Gasteiger partial charge in [-0.2, -0.15) is 0 Å². The van der Waals surface area contributed by atoms with Gasteiger partial charge in [0.2, 0.25) is 0 Å². The fraction of sp³-hybridized carbons (Fsp3) is 0.136. The number of pyridine rings is 1. The van der Waals surface area contributed by atoms with Crippen LogP contribution in [0.15, 0.2) is 79.0 Å². The highest BCUT2D eigenvalue weighted by Crippen LogP contribution is 2.26. The highest BCUT2D eigenvalue weighted by atomic mass is 15.1. The first kappa shape index (κ1) is 16.4. The van der Waals surface area contributed by atoms with Crippen LogP contribution in [0.5, 0.6) is 0 Å². The van der Waals surface area contributed by atoms with E-state index in [1.807, 2.05) is 48.5 Å². The normalized spacial score (nSPS) is 11.3. The first-order valence-corrected chi connectivity index (χ1v) is 8.75. The van der Waals surface area contributed by atoms with Crippen LogP contribution in [0, 0.1) is 0 Å². The average molecular weight is 342 g/mol. The Morgan fingerprint density at radius 2 is 1.62 bits per heavy atom. The van der Waals surface area contributed by atoms with E-state index in [0.29, 0.717) is 0 Å². The molecule has 0 fully saturated rings. The van der Waals surface area contributed by atoms with Gasteiger partial charge in [0.1, 0.15) is 5.65 Å². The molecule has 0 saturated carbocycles. The minimum absolute atomic E-state index is 0.764. The summed E-state index contributed by atoms with van der Waals surface area (Å²) in [7, 11) is 2.14. The van der Waals surface area contributed by atoms with Gasteiger partial charge < -0.3 is 10.1 Å². The van der Waals surface area contributed by atoms with E-state index in [-0.39, 0.29) is 0 Å². The third kappa shape index (κ3) is 3.32. The maximum absolute atomic E-state index is 5.85. The summed E-state index contributed by atoms with van der Waals surface area (Å²) in [5, 5.41) is 0. The molecule has 4 aromatic rings. The smallest absolute Gasteiger partial charge is 0.137 e. The van der Waals surface area contributed by atoms with Crippen LogP contribution in [-0.2, 0) is 13.1 Å². The molecule has 4 nitrogen and oxygen atoms in total. The third-order valence-electron chi connectivity index (χ3n) is 4.53. The lowest BCUT2D eigenvalue weighted by atomic mass is 10.1. The van der Waals surface area contributed by atoms with Crippen molar-refractivity contribution < 1.29 is 0 Å². The van der Waals surface area contributed by atoms with Gasteiger partial charge in [0, 0.05) is 30.5 Å². The number of fused-ring (bicyclic) bond motifs is 1. The number of aromatic nitrogens is 2. The first-order valence-electron chi connectivity index (χ1n) is 8.75. The quantitative estimate of drug-likeness (QED) is 0.553. The average Bonchev–Trinajstić information content (AvgIpc) is 3.02. The zero-order valence-corrected chi connectivity index (χ0v) is 14.8. The molecule has 2 aromatic heterocycles. The zero-order valence-electron chi connectivity index (χ0n) is 14.8. The molecule has 130 valence electrons. The summed E-state index contributed by atoms with van der Waals surface area (Å²) in [6.07, 6.45) is 2.08. The molecular weight excluding hydrogens is 320 g/mol. The lowest BCUT2D eigenvalue weighted by molar-refractivity contribution is 0.314. The summed E-state index contributed by atoms with van der Waals surface area (Å²) in [5.41, 5.74) is 12.2. The Bertz CT molecular complexity index is 1000. The van der Waals surface area contributed by atoms with Crippen molar-refractivity contribution in [2.24, 2.45) is 0 Å². The number of rotatable bonds is 5. The van der Waals surface area contributed by atoms with Gasteiger partial charge in [-0.1, -0.05) is 48.5 Å². The Labute approximate surface area is 153 Å². The molecule has 4 rings (SSSR count). The standard InChI is InChI=1S/C22H22N4/c1-25(15-17-7-3-2-4-8-17)16-20-22(18-10-12-19(23)13-11-18)24-21-9-5-6-14-26(20)21/h2-14H,15-16,23H2,1H3. The van der Waals surface area contributed by atoms with Crippen LogP contribution in [0.25, 0.3) is 16.9 Å². The number of nitrogens with two attached hydrogens (primary N) is 1. The van der Waals surface area contributed by atoms with Gasteiger partial charge in [0.15, 0.2) is 0 Å². The van der Waals surface area contributed by atoms with E-state index >= 15 is 0 Å². The molecule has 0 atom stereocenters. The summed E-state index contributed by atoms with van der Waals surface area (Å²) in [6, 6.07) is 24.6. The molecule has 0 bridgehead atoms. The van der Waals surface area contributed by atoms with E-state index in [0.717, 1.165) is 35.7 Å². The Kier molecular flexibility index (Phi) is 4.42. The van der Waals surface area contributed by atoms with Crippen molar-refractivity contribution in [1.82, 2.24) is 14.3 Å². The van der Waals surface area contributed by atoms with E-state index in [2.05, 4.69) is 46.8 Å². The second kappa shape index (κ2) is 7.02. The minimum atomic E-state index is 0.764. The van der Waals surface area contributed by atoms with Crippen LogP contribution in [0.1, 0.15) is 11.3 Å². The molecule has 0 amide bonds. The molecule has 2 N–H and O–H groups in total. The molecule has 26 heavy (non-hydrogen) atoms. The fourth-order valence-electron chi connectivity index (χ4n) is 3.28. The van der Waals surface area contributed by atoms with E-state index < -0.39 is 0 Å². The maximum Gasteiger partial charge on any atom is 0.137 e. The summed E-state index contributed by atoms with van der Waals surface area (Å²) >= 11 is 0. The highest BCUT2D eigenvalue weighted by Gasteiger charge is 2.15. The van der Waals surface area contributed by atoms with E-state index in [9.17, 15) is 0 Å². The zero-order chi connectivity index (χ0) is 17.9. The van der Waals surface area contributed by atoms with Crippen LogP contribution < -0.4 is 5.73 Å². The molecule has 2 heterocycles. The summed E-state index contributed by atoms with van der Waals surface area (Å²) in [6.45, 7) is 1.70. The topological polar surface area (TPSA) is 46.6 Å². The molecule has 4 heteroatoms. The second-order valence-corrected chi connectivity index (χ2v) is 6.62. The van der Waals surface area contributed by atoms with Crippen molar-refractivity contribution in [3.63, 3.8) is 0 Å². The van der Waals surface area contributed by atoms with E-state index in [1.165, 1.54) is 11.3 Å². The number of hydrogen-bond acceptors (Lipinski definition) is 3. The van der Waals surface area contributed by atoms with Gasteiger partial charge in [-0.15, -0.1) is 0 Å². The van der Waals surface area contributed by atoms with Crippen molar-refractivity contribution in [2.45, 2.75) is 13.1 Å². The van der Waals surface area contributed by atoms with Gasteiger partial charge in [-0.3, -0.25) is 4.90 Å². The van der Waals surface area contributed by atoms with Crippen LogP contribution in [-0.4, -0.2) is 21.3 Å². The Balaban J connectivity index is 1.70. The van der Waals surface area contributed by atoms with Gasteiger partial charge >= 0.3 is 0 Å². The second-order valence-electron chi connectivity index (χ2n) is 6.62. The minimum Gasteiger partial charge on any atom is -0.399 e. The SMILES string of the molecule is CN(Cc1ccccc1)Cc1c(-c2ccc(N)cc2)nc2ccccn12. The van der Waals surface area contributed by atoms with Crippen LogP contribution in [0.4, 0.5) is 5.69 Å². The monoisotopic (exact) mass is 342 g/mol. The van der Waals surface area contributed by atoms with Crippen LogP contribution >= 0.6 is 0 Å². The summed E-state index contributed by atoms with van der Waals surface area (Å²) < 4.78 is 2.17. The molecule has 0 aliphatic carbocycles. The van der Waals surface area contributed by atoms with E-state index in [4.69, 9.17) is 10.7 Å². The lowest BCUT2D eigenvalue weighted by Crippen LogP contribution is -2.18. The third-order valence-corrected chi connectivity index (χ3v) is 4.53. The number of imidazole rings is 1. The summed E-state index contributed by atoms with van der Waals surface area (Å²) in [4.78, 5) is 7.18. The van der Waals surface area contributed by atoms with Crippen molar-refractivity contribution in [2.75, 3.05) is 12.8 Å². The molecule has 0 radical (unpaired) electrons. The first-order chi connectivity index (χ1) is 12.7. The van der Waals surface area contributed by atoms with Gasteiger partial charge in [-0.05, 0) is 36.9 Å². The highest BCUT2D eigenvalue weighted by molar-refractivity contribution is 5.68. The van der Waals surface area contributed by atoms with Crippen molar-refractivity contribution >= 4 is 11.3 Å². The lowest BCUT2D eigenvalue weighted by Gasteiger charge is -2.17. The van der Waals surface area contributed by atoms with Crippen LogP contribution in [0.3, 0.4) is 0 Å². The van der Waals surface area contributed by atoms with Gasteiger partial charge in [-0.25, -0.2) is 4.98 Å². The van der Waals surface area contributed by atoms with Crippen LogP contribution in [0.2, 0.25) is 0 Å². The predicted octanol–water partition coefficient (Wildman–Crippen LogP) is 4.22. The molecule has 0 spiro atoms. The molecule has 2 aromatic carbocycles. The van der Waals surface area contributed by atoms with Gasteiger partial charge in [0.05, 0.1) is 11.4 Å². The molecular formula is C22H22N4. The Hall–Kier alpha value is -3.11. The number of hydrogen-bond donors (Lipinski definition) is 1. The number of benzene rings is 2. The largest absolute Gasteiger partial charge is 0.399 e. The maximum atomic E-state index is 5.85. The number of anilines is 1. The molecule has 0 aliphatic heterocycles. The van der Waals surface area contributed by atoms with Crippen molar-refractivity contribution in [3.8, 4) is 11.3 Å².